The molecule has 0 bridgehead atoms. The maximum Gasteiger partial charge on any atom is 0.0708 e. The smallest absolute Gasteiger partial charge is 0.0708 e. The highest BCUT2D eigenvalue weighted by molar-refractivity contribution is 5.13. The number of aliphatic hydroxyl groups is 1. The van der Waals surface area contributed by atoms with Gasteiger partial charge in [-0.15, -0.1) is 0 Å². The summed E-state index contributed by atoms with van der Waals surface area (Å²) in [5.74, 6) is 2.90. The van der Waals surface area contributed by atoms with Gasteiger partial charge in [-0.2, -0.15) is 0 Å². The van der Waals surface area contributed by atoms with E-state index in [-0.39, 0.29) is 5.60 Å². The van der Waals surface area contributed by atoms with Crippen molar-refractivity contribution < 1.29 is 5.11 Å². The van der Waals surface area contributed by atoms with Gasteiger partial charge in [0.25, 0.3) is 0 Å². The van der Waals surface area contributed by atoms with Crippen molar-refractivity contribution in [1.29, 1.82) is 0 Å². The summed E-state index contributed by atoms with van der Waals surface area (Å²) in [6.07, 6.45) is 3.67. The molecule has 1 N–H and O–H groups in total. The Morgan fingerprint density at radius 2 is 2.08 bits per heavy atom. The van der Waals surface area contributed by atoms with Crippen LogP contribution < -0.4 is 0 Å². The van der Waals surface area contributed by atoms with E-state index in [1.165, 1.54) is 12.8 Å². The van der Waals surface area contributed by atoms with Crippen molar-refractivity contribution in [3.8, 4) is 0 Å². The number of rotatable bonds is 3. The van der Waals surface area contributed by atoms with Crippen molar-refractivity contribution in [2.75, 3.05) is 0 Å². The number of hydrogen-bond donors (Lipinski definition) is 1. The molecule has 0 heterocycles. The minimum Gasteiger partial charge on any atom is -0.389 e. The van der Waals surface area contributed by atoms with E-state index in [2.05, 4.69) is 20.8 Å². The third-order valence-electron chi connectivity index (χ3n) is 3.67. The molecule has 1 nitrogen and oxygen atoms in total. The van der Waals surface area contributed by atoms with Crippen molar-refractivity contribution in [2.45, 2.75) is 45.6 Å². The molecule has 0 aromatic heterocycles. The third-order valence-corrected chi connectivity index (χ3v) is 3.67. The summed E-state index contributed by atoms with van der Waals surface area (Å²) >= 11 is 0. The Labute approximate surface area is 75.2 Å². The van der Waals surface area contributed by atoms with Crippen molar-refractivity contribution in [3.05, 3.63) is 0 Å². The van der Waals surface area contributed by atoms with Crippen LogP contribution in [0.25, 0.3) is 0 Å². The highest BCUT2D eigenvalue weighted by atomic mass is 16.3. The third kappa shape index (κ3) is 1.28. The van der Waals surface area contributed by atoms with Gasteiger partial charge in [0, 0.05) is 0 Å². The molecule has 2 aliphatic carbocycles. The van der Waals surface area contributed by atoms with E-state index in [0.717, 1.165) is 18.3 Å². The lowest BCUT2D eigenvalue weighted by molar-refractivity contribution is 0.102. The summed E-state index contributed by atoms with van der Waals surface area (Å²) in [4.78, 5) is 0. The van der Waals surface area contributed by atoms with E-state index in [1.807, 2.05) is 0 Å². The molecule has 70 valence electrons. The summed E-state index contributed by atoms with van der Waals surface area (Å²) < 4.78 is 0. The minimum atomic E-state index is -0.223. The van der Waals surface area contributed by atoms with Gasteiger partial charge in [-0.25, -0.2) is 0 Å². The van der Waals surface area contributed by atoms with E-state index in [9.17, 15) is 5.11 Å². The quantitative estimate of drug-likeness (QED) is 0.686. The fourth-order valence-electron chi connectivity index (χ4n) is 2.67. The lowest BCUT2D eigenvalue weighted by atomic mass is 10.0. The Bertz CT molecular complexity index is 187. The second-order valence-corrected chi connectivity index (χ2v) is 5.33. The summed E-state index contributed by atoms with van der Waals surface area (Å²) in [5.41, 5.74) is -0.223. The molecule has 2 saturated carbocycles. The van der Waals surface area contributed by atoms with Crippen LogP contribution in [0.4, 0.5) is 0 Å². The first-order valence-electron chi connectivity index (χ1n) is 5.26. The molecule has 12 heavy (non-hydrogen) atoms. The molecule has 2 fully saturated rings. The van der Waals surface area contributed by atoms with Crippen LogP contribution in [0.5, 0.6) is 0 Å². The minimum absolute atomic E-state index is 0.223. The van der Waals surface area contributed by atoms with E-state index in [0.29, 0.717) is 11.8 Å². The molecular formula is C11H20O. The zero-order valence-electron chi connectivity index (χ0n) is 8.38. The van der Waals surface area contributed by atoms with Crippen LogP contribution in [-0.4, -0.2) is 10.7 Å². The average molecular weight is 168 g/mol. The van der Waals surface area contributed by atoms with E-state index >= 15 is 0 Å². The molecule has 0 amide bonds. The van der Waals surface area contributed by atoms with Crippen LogP contribution in [0.15, 0.2) is 0 Å². The first-order chi connectivity index (χ1) is 5.54. The fraction of sp³-hybridized carbons (Fsp3) is 1.00. The first kappa shape index (κ1) is 8.55. The van der Waals surface area contributed by atoms with Crippen LogP contribution in [-0.2, 0) is 0 Å². The van der Waals surface area contributed by atoms with Gasteiger partial charge in [0.1, 0.15) is 0 Å². The van der Waals surface area contributed by atoms with E-state index < -0.39 is 0 Å². The largest absolute Gasteiger partial charge is 0.389 e. The highest BCUT2D eigenvalue weighted by Crippen LogP contribution is 2.62. The maximum atomic E-state index is 10.0. The Morgan fingerprint density at radius 3 is 2.50 bits per heavy atom. The van der Waals surface area contributed by atoms with Gasteiger partial charge in [0.05, 0.1) is 5.60 Å². The molecule has 0 spiro atoms. The molecule has 4 unspecified atom stereocenters. The molecule has 2 rings (SSSR count). The van der Waals surface area contributed by atoms with Crippen LogP contribution >= 0.6 is 0 Å². The molecule has 4 atom stereocenters. The van der Waals surface area contributed by atoms with Crippen molar-refractivity contribution >= 4 is 0 Å². The standard InChI is InChI=1S/C11H20O/c1-7(2)4-9-5-10(9)11(12)6-8(11)3/h7-10,12H,4-6H2,1-3H3. The highest BCUT2D eigenvalue weighted by Gasteiger charge is 2.62. The Morgan fingerprint density at radius 1 is 1.50 bits per heavy atom. The summed E-state index contributed by atoms with van der Waals surface area (Å²) in [5, 5.41) is 10.0. The predicted molar refractivity (Wildman–Crippen MR) is 49.8 cm³/mol. The Balaban J connectivity index is 1.81. The molecule has 0 aromatic rings. The van der Waals surface area contributed by atoms with E-state index in [1.54, 1.807) is 0 Å². The van der Waals surface area contributed by atoms with Crippen molar-refractivity contribution in [2.24, 2.45) is 23.7 Å². The lowest BCUT2D eigenvalue weighted by Gasteiger charge is -2.09. The van der Waals surface area contributed by atoms with Gasteiger partial charge in [0.15, 0.2) is 0 Å². The first-order valence-corrected chi connectivity index (χ1v) is 5.26. The monoisotopic (exact) mass is 168 g/mol. The molecule has 1 heteroatoms. The van der Waals surface area contributed by atoms with Crippen LogP contribution in [0.3, 0.4) is 0 Å². The van der Waals surface area contributed by atoms with Gasteiger partial charge in [-0.3, -0.25) is 0 Å². The zero-order valence-corrected chi connectivity index (χ0v) is 8.38. The summed E-state index contributed by atoms with van der Waals surface area (Å²) in [7, 11) is 0. The second-order valence-electron chi connectivity index (χ2n) is 5.33. The molecule has 0 saturated heterocycles. The summed E-state index contributed by atoms with van der Waals surface area (Å²) in [6.45, 7) is 6.72. The molecule has 2 aliphatic rings. The fourth-order valence-corrected chi connectivity index (χ4v) is 2.67. The van der Waals surface area contributed by atoms with Crippen LogP contribution in [0.2, 0.25) is 0 Å². The van der Waals surface area contributed by atoms with Crippen LogP contribution in [0, 0.1) is 23.7 Å². The SMILES string of the molecule is CC(C)CC1CC1C1(O)CC1C. The zero-order chi connectivity index (χ0) is 8.93. The molecule has 0 aromatic carbocycles. The second kappa shape index (κ2) is 2.47. The summed E-state index contributed by atoms with van der Waals surface area (Å²) in [6, 6.07) is 0. The van der Waals surface area contributed by atoms with Gasteiger partial charge in [0.2, 0.25) is 0 Å². The normalized spacial score (nSPS) is 51.2. The Kier molecular flexibility index (Phi) is 1.76. The molecule has 0 radical (unpaired) electrons. The van der Waals surface area contributed by atoms with Crippen LogP contribution in [0.1, 0.15) is 40.0 Å². The van der Waals surface area contributed by atoms with Gasteiger partial charge < -0.3 is 5.11 Å². The Hall–Kier alpha value is -0.0400. The van der Waals surface area contributed by atoms with Gasteiger partial charge in [-0.1, -0.05) is 20.8 Å². The average Bonchev–Trinajstić information content (AvgIpc) is 2.75. The molecule has 0 aliphatic heterocycles. The lowest BCUT2D eigenvalue weighted by Crippen LogP contribution is -2.14. The topological polar surface area (TPSA) is 20.2 Å². The van der Waals surface area contributed by atoms with Gasteiger partial charge >= 0.3 is 0 Å². The molecular weight excluding hydrogens is 148 g/mol. The van der Waals surface area contributed by atoms with E-state index in [4.69, 9.17) is 0 Å². The van der Waals surface area contributed by atoms with Gasteiger partial charge in [-0.05, 0) is 42.9 Å². The predicted octanol–water partition coefficient (Wildman–Crippen LogP) is 2.44. The number of hydrogen-bond acceptors (Lipinski definition) is 1. The van der Waals surface area contributed by atoms with Crippen molar-refractivity contribution in [1.82, 2.24) is 0 Å². The maximum absolute atomic E-state index is 10.0. The van der Waals surface area contributed by atoms with Crippen molar-refractivity contribution in [3.63, 3.8) is 0 Å².